The van der Waals surface area contributed by atoms with Crippen molar-refractivity contribution in [2.24, 2.45) is 0 Å². The Kier molecular flexibility index (Phi) is 20.6. The first-order valence-electron chi connectivity index (χ1n) is 18.4. The van der Waals surface area contributed by atoms with Crippen LogP contribution in [0.15, 0.2) is 66.7 Å². The molecule has 0 radical (unpaired) electrons. The molecule has 1 unspecified atom stereocenters. The molecule has 3 nitrogen and oxygen atoms in total. The molecule has 1 atom stereocenters. The van der Waals surface area contributed by atoms with Crippen LogP contribution < -0.4 is 20.5 Å². The average molecular weight is 745 g/mol. The molecule has 0 N–H and O–H groups in total. The maximum absolute atomic E-state index is 9.53. The molecule has 0 fully saturated rings. The summed E-state index contributed by atoms with van der Waals surface area (Å²) in [6.45, 7) is 35.3. The summed E-state index contributed by atoms with van der Waals surface area (Å²) in [5, 5.41) is 30.1. The molecule has 0 aliphatic carbocycles. The van der Waals surface area contributed by atoms with Crippen molar-refractivity contribution in [1.82, 2.24) is 0 Å². The van der Waals surface area contributed by atoms with Crippen LogP contribution in [0.3, 0.4) is 0 Å². The van der Waals surface area contributed by atoms with E-state index in [9.17, 15) is 15.3 Å². The summed E-state index contributed by atoms with van der Waals surface area (Å²) in [5.41, 5.74) is 16.4. The zero-order valence-electron chi connectivity index (χ0n) is 35.1. The molecule has 4 rings (SSSR count). The summed E-state index contributed by atoms with van der Waals surface area (Å²) < 4.78 is 0. The molecule has 0 aromatic heterocycles. The third kappa shape index (κ3) is 16.6. The van der Waals surface area contributed by atoms with Gasteiger partial charge < -0.3 is 15.3 Å². The van der Waals surface area contributed by atoms with E-state index < -0.39 is 27.8 Å². The minimum Gasteiger partial charge on any atom is -0.852 e. The van der Waals surface area contributed by atoms with E-state index in [0.717, 1.165) is 0 Å². The third-order valence-electron chi connectivity index (χ3n) is 8.40. The Bertz CT molecular complexity index is 1530. The van der Waals surface area contributed by atoms with Crippen LogP contribution in [0.25, 0.3) is 11.1 Å². The van der Waals surface area contributed by atoms with Crippen molar-refractivity contribution in [3.05, 3.63) is 117 Å². The minimum atomic E-state index is -0.650. The van der Waals surface area contributed by atoms with Gasteiger partial charge in [-0.25, -0.2) is 0 Å². The Morgan fingerprint density at radius 1 is 0.569 bits per heavy atom. The van der Waals surface area contributed by atoms with Gasteiger partial charge in [0.15, 0.2) is 0 Å². The first-order chi connectivity index (χ1) is 22.9. The average Bonchev–Trinajstić information content (AvgIpc) is 3.17. The molecule has 0 saturated heterocycles. The molecule has 0 heterocycles. The topological polar surface area (TPSA) is 69.2 Å². The molecule has 0 spiro atoms. The van der Waals surface area contributed by atoms with Gasteiger partial charge in [0.2, 0.25) is 0 Å². The van der Waals surface area contributed by atoms with Crippen molar-refractivity contribution in [3.8, 4) is 11.1 Å². The molecular formula is C46H68O3SiTi. The first-order valence-corrected chi connectivity index (χ1v) is 19.9. The van der Waals surface area contributed by atoms with E-state index in [1.165, 1.54) is 60.8 Å². The first kappa shape index (κ1) is 48.8. The van der Waals surface area contributed by atoms with Crippen LogP contribution in [-0.4, -0.2) is 27.8 Å². The monoisotopic (exact) mass is 744 g/mol. The fourth-order valence-corrected chi connectivity index (χ4v) is 8.15. The molecule has 5 heteroatoms. The van der Waals surface area contributed by atoms with Crippen molar-refractivity contribution < 1.29 is 37.0 Å². The fraction of sp³-hybridized carbons (Fsp3) is 0.500. The predicted molar refractivity (Wildman–Crippen MR) is 217 cm³/mol. The number of hydrogen-bond donors (Lipinski definition) is 0. The predicted octanol–water partition coefficient (Wildman–Crippen LogP) is 8.06. The second-order valence-corrected chi connectivity index (χ2v) is 18.8. The molecule has 4 aromatic carbocycles. The van der Waals surface area contributed by atoms with Gasteiger partial charge in [-0.2, -0.15) is 11.1 Å². The number of rotatable bonds is 5. The van der Waals surface area contributed by atoms with Crippen LogP contribution in [0.5, 0.6) is 0 Å². The summed E-state index contributed by atoms with van der Waals surface area (Å²) >= 11 is 0. The zero-order valence-corrected chi connectivity index (χ0v) is 38.1. The van der Waals surface area contributed by atoms with E-state index in [0.29, 0.717) is 5.54 Å². The van der Waals surface area contributed by atoms with Crippen LogP contribution in [0.2, 0.25) is 0 Å². The number of hydrogen-bond acceptors (Lipinski definition) is 3. The van der Waals surface area contributed by atoms with Crippen molar-refractivity contribution in [2.45, 2.75) is 152 Å². The second-order valence-electron chi connectivity index (χ2n) is 16.8. The van der Waals surface area contributed by atoms with Crippen molar-refractivity contribution in [3.63, 3.8) is 0 Å². The Labute approximate surface area is 330 Å². The van der Waals surface area contributed by atoms with Gasteiger partial charge in [0.05, 0.1) is 9.52 Å². The maximum atomic E-state index is 9.53. The molecule has 0 amide bonds. The summed E-state index contributed by atoms with van der Waals surface area (Å²) in [7, 11) is -0.650. The molecule has 0 aliphatic rings. The third-order valence-corrected chi connectivity index (χ3v) is 10.6. The Morgan fingerprint density at radius 3 is 1.33 bits per heavy atom. The molecular weight excluding hydrogens is 676 g/mol. The van der Waals surface area contributed by atoms with Crippen molar-refractivity contribution in [1.29, 1.82) is 0 Å². The summed E-state index contributed by atoms with van der Waals surface area (Å²) in [6, 6.07) is 25.9. The van der Waals surface area contributed by atoms with E-state index in [-0.39, 0.29) is 32.5 Å². The zero-order chi connectivity index (χ0) is 38.7. The molecule has 0 aliphatic heterocycles. The van der Waals surface area contributed by atoms with Crippen LogP contribution in [-0.2, 0) is 32.5 Å². The molecule has 51 heavy (non-hydrogen) atoms. The van der Waals surface area contributed by atoms with Gasteiger partial charge in [-0.3, -0.25) is 0 Å². The minimum absolute atomic E-state index is 0. The molecule has 278 valence electrons. The van der Waals surface area contributed by atoms with Gasteiger partial charge in [0, 0.05) is 0 Å². The van der Waals surface area contributed by atoms with Gasteiger partial charge in [-0.05, 0) is 30.2 Å². The largest absolute Gasteiger partial charge is 4.00 e. The van der Waals surface area contributed by atoms with E-state index >= 15 is 0 Å². The fourth-order valence-electron chi connectivity index (χ4n) is 5.95. The van der Waals surface area contributed by atoms with E-state index in [1.54, 1.807) is 47.1 Å². The second kappa shape index (κ2) is 21.5. The normalized spacial score (nSPS) is 12.1. The van der Waals surface area contributed by atoms with E-state index in [4.69, 9.17) is 0 Å². The van der Waals surface area contributed by atoms with Crippen LogP contribution in [0.1, 0.15) is 139 Å². The van der Waals surface area contributed by atoms with Crippen LogP contribution in [0.4, 0.5) is 0 Å². The number of aryl methyl sites for hydroxylation is 2. The molecule has 0 bridgehead atoms. The van der Waals surface area contributed by atoms with Crippen LogP contribution >= 0.6 is 0 Å². The van der Waals surface area contributed by atoms with Crippen molar-refractivity contribution >= 4 is 14.7 Å². The van der Waals surface area contributed by atoms with Gasteiger partial charge in [-0.15, -0.1) is 35.0 Å². The van der Waals surface area contributed by atoms with Crippen LogP contribution in [0, 0.1) is 34.6 Å². The summed E-state index contributed by atoms with van der Waals surface area (Å²) in [5.74, 6) is 0. The summed E-state index contributed by atoms with van der Waals surface area (Å²) in [4.78, 5) is 0. The Morgan fingerprint density at radius 2 is 0.961 bits per heavy atom. The van der Waals surface area contributed by atoms with Gasteiger partial charge >= 0.3 is 21.7 Å². The smallest absolute Gasteiger partial charge is 0.852 e. The van der Waals surface area contributed by atoms with E-state index in [1.807, 2.05) is 0 Å². The van der Waals surface area contributed by atoms with E-state index in [2.05, 4.69) is 143 Å². The molecule has 4 aromatic rings. The quantitative estimate of drug-likeness (QED) is 0.154. The van der Waals surface area contributed by atoms with Crippen molar-refractivity contribution in [2.75, 3.05) is 0 Å². The number of benzene rings is 3. The van der Waals surface area contributed by atoms with Gasteiger partial charge in [0.1, 0.15) is 0 Å². The maximum Gasteiger partial charge on any atom is 4.00 e. The van der Waals surface area contributed by atoms with Gasteiger partial charge in [-0.1, -0.05) is 209 Å². The standard InChI is InChI=1S/C37H47Si.3C3H7O.Ti/c1-23-17-24(2)19-29(18-23)35(38-32-15-13-12-14-16-32)34-27(5)25(3)26(4)33(34)28-20-30(36(6,7)8)22-31(21-28)37(9,10)11;3*1-3(2)4;/h12-22,35H,38H2,1-11H3;3*3H,1-2H3;/q4*-1;+4. The molecule has 0 saturated carbocycles. The van der Waals surface area contributed by atoms with Gasteiger partial charge in [0.25, 0.3) is 0 Å². The SMILES string of the molecule is CC(C)[O-].CC(C)[O-].CC(C)[O-].Cc1cc(C)cc(C([SiH2]c2ccccc2)[c-]2c(C)c(C)c(C)c2-c2cc(C(C)(C)C)cc(C(C)(C)C)c2)c1.[Ti+4]. The Balaban J connectivity index is 0.00000167. The Hall–Kier alpha value is -2.18. The summed E-state index contributed by atoms with van der Waals surface area (Å²) in [6.07, 6.45) is -1.25.